The van der Waals surface area contributed by atoms with Crippen LogP contribution in [0.25, 0.3) is 0 Å². The highest BCUT2D eigenvalue weighted by Gasteiger charge is 2.17. The number of hydrogen-bond donors (Lipinski definition) is 2. The third-order valence-corrected chi connectivity index (χ3v) is 5.20. The summed E-state index contributed by atoms with van der Waals surface area (Å²) in [6, 6.07) is 0. The molecule has 1 saturated heterocycles. The number of guanidine groups is 1. The van der Waals surface area contributed by atoms with Gasteiger partial charge in [0.1, 0.15) is 0 Å². The number of aliphatic imine (C=N–C) groups is 1. The molecule has 1 amide bonds. The minimum atomic E-state index is 0.271. The van der Waals surface area contributed by atoms with E-state index in [1.807, 2.05) is 4.90 Å². The molecule has 0 atom stereocenters. The van der Waals surface area contributed by atoms with Crippen molar-refractivity contribution in [2.24, 2.45) is 10.9 Å². The predicted octanol–water partition coefficient (Wildman–Crippen LogP) is 2.91. The summed E-state index contributed by atoms with van der Waals surface area (Å²) in [6.45, 7) is 6.36. The zero-order chi connectivity index (χ0) is 17.0. The highest BCUT2D eigenvalue weighted by Crippen LogP contribution is 2.28. The Balaban J connectivity index is 1.57. The van der Waals surface area contributed by atoms with Gasteiger partial charge in [-0.05, 0) is 32.1 Å². The molecule has 0 spiro atoms. The van der Waals surface area contributed by atoms with Gasteiger partial charge in [-0.2, -0.15) is 0 Å². The van der Waals surface area contributed by atoms with Gasteiger partial charge in [-0.1, -0.05) is 38.5 Å². The Bertz CT molecular complexity index is 385. The third-order valence-electron chi connectivity index (χ3n) is 5.20. The molecule has 2 N–H and O–H groups in total. The maximum atomic E-state index is 12.0. The molecule has 5 heteroatoms. The van der Waals surface area contributed by atoms with Crippen molar-refractivity contribution in [1.82, 2.24) is 15.5 Å². The Morgan fingerprint density at radius 2 is 1.83 bits per heavy atom. The molecule has 1 aliphatic carbocycles. The first-order valence-corrected chi connectivity index (χ1v) is 10.1. The van der Waals surface area contributed by atoms with Gasteiger partial charge in [-0.25, -0.2) is 0 Å². The van der Waals surface area contributed by atoms with Crippen molar-refractivity contribution < 1.29 is 4.79 Å². The maximum absolute atomic E-state index is 12.0. The number of nitrogens with zero attached hydrogens (tertiary/aromatic N) is 2. The van der Waals surface area contributed by atoms with Gasteiger partial charge in [0.05, 0.1) is 0 Å². The quantitative estimate of drug-likeness (QED) is 0.387. The molecule has 2 rings (SSSR count). The Labute approximate surface area is 147 Å². The summed E-state index contributed by atoms with van der Waals surface area (Å²) < 4.78 is 0. The van der Waals surface area contributed by atoms with Gasteiger partial charge in [-0.15, -0.1) is 0 Å². The second kappa shape index (κ2) is 11.3. The first-order chi connectivity index (χ1) is 11.8. The normalized spacial score (nSPS) is 19.0. The zero-order valence-corrected chi connectivity index (χ0v) is 15.5. The third kappa shape index (κ3) is 7.10. The average Bonchev–Trinajstić information content (AvgIpc) is 3.28. The van der Waals surface area contributed by atoms with Gasteiger partial charge in [0.2, 0.25) is 5.91 Å². The van der Waals surface area contributed by atoms with Crippen molar-refractivity contribution >= 4 is 11.9 Å². The number of carbonyl (C=O) groups excluding carboxylic acids is 1. The lowest BCUT2D eigenvalue weighted by Gasteiger charge is -2.16. The highest BCUT2D eigenvalue weighted by molar-refractivity contribution is 5.81. The van der Waals surface area contributed by atoms with E-state index in [1.165, 1.54) is 44.9 Å². The summed E-state index contributed by atoms with van der Waals surface area (Å²) >= 11 is 0. The average molecular weight is 337 g/mol. The monoisotopic (exact) mass is 336 g/mol. The van der Waals surface area contributed by atoms with Crippen LogP contribution in [0.5, 0.6) is 0 Å². The van der Waals surface area contributed by atoms with E-state index in [0.717, 1.165) is 50.9 Å². The van der Waals surface area contributed by atoms with Crippen LogP contribution in [-0.2, 0) is 4.79 Å². The van der Waals surface area contributed by atoms with Gasteiger partial charge in [0.25, 0.3) is 0 Å². The predicted molar refractivity (Wildman–Crippen MR) is 100 cm³/mol. The Morgan fingerprint density at radius 3 is 2.54 bits per heavy atom. The summed E-state index contributed by atoms with van der Waals surface area (Å²) in [5.74, 6) is 2.11. The van der Waals surface area contributed by atoms with Crippen molar-refractivity contribution in [2.45, 2.75) is 71.1 Å². The number of likely N-dealkylation sites (tertiary alicyclic amines) is 1. The SMILES string of the molecule is CCNC(=NCCCCC1CCCC1)NCCC(=O)N1CCCC1. The van der Waals surface area contributed by atoms with Crippen molar-refractivity contribution in [1.29, 1.82) is 0 Å². The van der Waals surface area contributed by atoms with Crippen LogP contribution >= 0.6 is 0 Å². The van der Waals surface area contributed by atoms with Gasteiger partial charge in [0, 0.05) is 39.1 Å². The van der Waals surface area contributed by atoms with E-state index in [2.05, 4.69) is 22.5 Å². The molecule has 1 aliphatic heterocycles. The van der Waals surface area contributed by atoms with E-state index in [4.69, 9.17) is 0 Å². The van der Waals surface area contributed by atoms with Gasteiger partial charge in [-0.3, -0.25) is 9.79 Å². The smallest absolute Gasteiger partial charge is 0.224 e. The fourth-order valence-electron chi connectivity index (χ4n) is 3.79. The molecule has 2 fully saturated rings. The summed E-state index contributed by atoms with van der Waals surface area (Å²) in [4.78, 5) is 18.7. The van der Waals surface area contributed by atoms with E-state index in [0.29, 0.717) is 13.0 Å². The van der Waals surface area contributed by atoms with E-state index >= 15 is 0 Å². The lowest BCUT2D eigenvalue weighted by Crippen LogP contribution is -2.39. The molecule has 1 saturated carbocycles. The molecule has 1 heterocycles. The van der Waals surface area contributed by atoms with Crippen molar-refractivity contribution in [2.75, 3.05) is 32.7 Å². The number of rotatable bonds is 9. The van der Waals surface area contributed by atoms with Crippen LogP contribution in [0.1, 0.15) is 71.1 Å². The number of hydrogen-bond acceptors (Lipinski definition) is 2. The van der Waals surface area contributed by atoms with Crippen LogP contribution in [-0.4, -0.2) is 49.5 Å². The molecule has 5 nitrogen and oxygen atoms in total. The molecule has 0 aromatic heterocycles. The number of carbonyl (C=O) groups is 1. The largest absolute Gasteiger partial charge is 0.357 e. The van der Waals surface area contributed by atoms with E-state index < -0.39 is 0 Å². The first-order valence-electron chi connectivity index (χ1n) is 10.1. The van der Waals surface area contributed by atoms with E-state index in [1.54, 1.807) is 0 Å². The summed E-state index contributed by atoms with van der Waals surface area (Å²) in [7, 11) is 0. The lowest BCUT2D eigenvalue weighted by molar-refractivity contribution is -0.129. The van der Waals surface area contributed by atoms with Crippen molar-refractivity contribution in [3.8, 4) is 0 Å². The summed E-state index contributed by atoms with van der Waals surface area (Å²) in [6.07, 6.45) is 12.5. The van der Waals surface area contributed by atoms with Crippen LogP contribution < -0.4 is 10.6 Å². The molecule has 138 valence electrons. The van der Waals surface area contributed by atoms with Crippen LogP contribution in [0.2, 0.25) is 0 Å². The standard InChI is InChI=1S/C19H36N4O/c1-2-20-19(21-13-6-5-11-17-9-3-4-10-17)22-14-12-18(24)23-15-7-8-16-23/h17H,2-16H2,1H3,(H2,20,21,22). The molecule has 0 unspecified atom stereocenters. The minimum Gasteiger partial charge on any atom is -0.357 e. The number of unbranched alkanes of at least 4 members (excludes halogenated alkanes) is 1. The Kier molecular flexibility index (Phi) is 9.00. The van der Waals surface area contributed by atoms with Crippen molar-refractivity contribution in [3.63, 3.8) is 0 Å². The lowest BCUT2D eigenvalue weighted by atomic mass is 10.0. The van der Waals surface area contributed by atoms with Gasteiger partial charge in [0.15, 0.2) is 5.96 Å². The Hall–Kier alpha value is -1.26. The highest BCUT2D eigenvalue weighted by atomic mass is 16.2. The second-order valence-corrected chi connectivity index (χ2v) is 7.17. The van der Waals surface area contributed by atoms with Crippen LogP contribution in [0, 0.1) is 5.92 Å². The van der Waals surface area contributed by atoms with Crippen molar-refractivity contribution in [3.05, 3.63) is 0 Å². The van der Waals surface area contributed by atoms with E-state index in [-0.39, 0.29) is 5.91 Å². The van der Waals surface area contributed by atoms with E-state index in [9.17, 15) is 4.79 Å². The molecule has 0 aromatic carbocycles. The van der Waals surface area contributed by atoms with Crippen LogP contribution in [0.4, 0.5) is 0 Å². The Morgan fingerprint density at radius 1 is 1.08 bits per heavy atom. The summed E-state index contributed by atoms with van der Waals surface area (Å²) in [5.41, 5.74) is 0. The maximum Gasteiger partial charge on any atom is 0.224 e. The molecule has 0 bridgehead atoms. The molecule has 0 radical (unpaired) electrons. The molecular formula is C19H36N4O. The molecule has 0 aromatic rings. The number of amides is 1. The van der Waals surface area contributed by atoms with Gasteiger partial charge < -0.3 is 15.5 Å². The molecular weight excluding hydrogens is 300 g/mol. The first kappa shape index (κ1) is 19.1. The topological polar surface area (TPSA) is 56.7 Å². The summed E-state index contributed by atoms with van der Waals surface area (Å²) in [5, 5.41) is 6.57. The molecule has 24 heavy (non-hydrogen) atoms. The zero-order valence-electron chi connectivity index (χ0n) is 15.5. The van der Waals surface area contributed by atoms with Gasteiger partial charge >= 0.3 is 0 Å². The van der Waals surface area contributed by atoms with Crippen LogP contribution in [0.3, 0.4) is 0 Å². The number of nitrogens with one attached hydrogen (secondary N) is 2. The minimum absolute atomic E-state index is 0.271. The fraction of sp³-hybridized carbons (Fsp3) is 0.895. The fourth-order valence-corrected chi connectivity index (χ4v) is 3.79. The second-order valence-electron chi connectivity index (χ2n) is 7.17. The van der Waals surface area contributed by atoms with Crippen LogP contribution in [0.15, 0.2) is 4.99 Å². The molecule has 2 aliphatic rings.